The smallest absolute Gasteiger partial charge is 0.322 e. The van der Waals surface area contributed by atoms with Crippen LogP contribution in [0.1, 0.15) is 39.0 Å². The minimum absolute atomic E-state index is 0.0865. The number of nitrogens with zero attached hydrogens (tertiary/aromatic N) is 3. The van der Waals surface area contributed by atoms with Crippen LogP contribution in [0.2, 0.25) is 5.02 Å². The van der Waals surface area contributed by atoms with E-state index in [1.165, 1.54) is 23.1 Å². The first-order valence-electron chi connectivity index (χ1n) is 12.1. The van der Waals surface area contributed by atoms with E-state index in [0.29, 0.717) is 30.3 Å². The molecule has 1 aromatic heterocycles. The van der Waals surface area contributed by atoms with Crippen molar-refractivity contribution >= 4 is 29.2 Å². The van der Waals surface area contributed by atoms with Gasteiger partial charge in [-0.1, -0.05) is 49.7 Å². The highest BCUT2D eigenvalue weighted by Gasteiger charge is 2.25. The Morgan fingerprint density at radius 2 is 1.78 bits per heavy atom. The molecule has 1 heterocycles. The second kappa shape index (κ2) is 12.6. The average Bonchev–Trinajstić information content (AvgIpc) is 3.24. The molecule has 0 bridgehead atoms. The lowest BCUT2D eigenvalue weighted by Crippen LogP contribution is -2.48. The minimum Gasteiger partial charge on any atom is -0.345 e. The molecule has 3 rings (SSSR count). The van der Waals surface area contributed by atoms with E-state index in [4.69, 9.17) is 11.6 Å². The Labute approximate surface area is 217 Å². The molecular weight excluding hydrogens is 479 g/mol. The molecule has 8 heteroatoms. The van der Waals surface area contributed by atoms with Crippen LogP contribution in [-0.4, -0.2) is 45.4 Å². The van der Waals surface area contributed by atoms with Crippen LogP contribution in [-0.2, 0) is 17.9 Å². The number of carbonyl (C=O) groups excluding carboxylic acids is 2. The number of amides is 3. The van der Waals surface area contributed by atoms with Gasteiger partial charge < -0.3 is 19.7 Å². The van der Waals surface area contributed by atoms with Gasteiger partial charge in [0.05, 0.1) is 6.54 Å². The highest BCUT2D eigenvalue weighted by Crippen LogP contribution is 2.19. The number of hydrogen-bond acceptors (Lipinski definition) is 2. The lowest BCUT2D eigenvalue weighted by atomic mass is 10.2. The van der Waals surface area contributed by atoms with Gasteiger partial charge in [-0.3, -0.25) is 4.79 Å². The summed E-state index contributed by atoms with van der Waals surface area (Å²) in [6, 6.07) is 16.7. The number of hydrogen-bond donors (Lipinski definition) is 1. The zero-order valence-corrected chi connectivity index (χ0v) is 22.0. The highest BCUT2D eigenvalue weighted by molar-refractivity contribution is 6.31. The molecule has 6 nitrogen and oxygen atoms in total. The van der Waals surface area contributed by atoms with Gasteiger partial charge in [-0.15, -0.1) is 0 Å². The van der Waals surface area contributed by atoms with Crippen molar-refractivity contribution in [3.05, 3.63) is 89.0 Å². The van der Waals surface area contributed by atoms with Crippen molar-refractivity contribution in [2.24, 2.45) is 5.92 Å². The molecule has 2 aromatic carbocycles. The summed E-state index contributed by atoms with van der Waals surface area (Å²) in [5.74, 6) is -0.352. The molecule has 3 amide bonds. The van der Waals surface area contributed by atoms with Crippen molar-refractivity contribution < 1.29 is 14.0 Å². The Hall–Kier alpha value is -3.32. The summed E-state index contributed by atoms with van der Waals surface area (Å²) in [5.41, 5.74) is 2.32. The van der Waals surface area contributed by atoms with Gasteiger partial charge in [-0.25, -0.2) is 9.18 Å². The largest absolute Gasteiger partial charge is 0.345 e. The number of carbonyl (C=O) groups is 2. The van der Waals surface area contributed by atoms with E-state index in [1.807, 2.05) is 56.4 Å². The van der Waals surface area contributed by atoms with E-state index in [1.54, 1.807) is 11.0 Å². The molecule has 0 aliphatic carbocycles. The molecule has 0 spiro atoms. The second-order valence-electron chi connectivity index (χ2n) is 9.55. The van der Waals surface area contributed by atoms with Gasteiger partial charge in [0.2, 0.25) is 5.91 Å². The zero-order valence-electron chi connectivity index (χ0n) is 21.2. The third-order valence-electron chi connectivity index (χ3n) is 5.78. The summed E-state index contributed by atoms with van der Waals surface area (Å²) in [7, 11) is 0. The molecule has 3 aromatic rings. The van der Waals surface area contributed by atoms with Gasteiger partial charge in [0.15, 0.2) is 0 Å². The zero-order chi connectivity index (χ0) is 26.2. The van der Waals surface area contributed by atoms with E-state index in [9.17, 15) is 14.0 Å². The van der Waals surface area contributed by atoms with Gasteiger partial charge in [0.25, 0.3) is 0 Å². The maximum atomic E-state index is 13.6. The van der Waals surface area contributed by atoms with Crippen LogP contribution < -0.4 is 5.32 Å². The van der Waals surface area contributed by atoms with Gasteiger partial charge >= 0.3 is 6.03 Å². The molecule has 0 aliphatic heterocycles. The van der Waals surface area contributed by atoms with Gasteiger partial charge in [-0.2, -0.15) is 0 Å². The molecule has 36 heavy (non-hydrogen) atoms. The first kappa shape index (κ1) is 27.3. The van der Waals surface area contributed by atoms with Gasteiger partial charge in [0.1, 0.15) is 12.4 Å². The summed E-state index contributed by atoms with van der Waals surface area (Å²) in [4.78, 5) is 29.7. The van der Waals surface area contributed by atoms with Crippen molar-refractivity contribution in [1.82, 2.24) is 14.4 Å². The van der Waals surface area contributed by atoms with E-state index < -0.39 is 11.8 Å². The lowest BCUT2D eigenvalue weighted by Gasteiger charge is -2.31. The van der Waals surface area contributed by atoms with E-state index in [2.05, 4.69) is 23.7 Å². The van der Waals surface area contributed by atoms with Crippen LogP contribution >= 0.6 is 11.6 Å². The number of anilines is 1. The summed E-state index contributed by atoms with van der Waals surface area (Å²) in [6.07, 6.45) is 1.98. The minimum atomic E-state index is -0.449. The molecule has 0 saturated carbocycles. The quantitative estimate of drug-likeness (QED) is 0.349. The van der Waals surface area contributed by atoms with Crippen LogP contribution in [0.4, 0.5) is 14.9 Å². The van der Waals surface area contributed by atoms with Crippen molar-refractivity contribution in [2.75, 3.05) is 18.4 Å². The number of benzene rings is 2. The maximum absolute atomic E-state index is 13.6. The maximum Gasteiger partial charge on any atom is 0.322 e. The van der Waals surface area contributed by atoms with Crippen molar-refractivity contribution in [3.8, 4) is 0 Å². The normalized spacial score (nSPS) is 11.1. The molecule has 0 saturated heterocycles. The Morgan fingerprint density at radius 3 is 2.44 bits per heavy atom. The molecular formula is C28H34ClFN4O2. The molecule has 0 fully saturated rings. The summed E-state index contributed by atoms with van der Waals surface area (Å²) < 4.78 is 15.6. The Balaban J connectivity index is 1.74. The Kier molecular flexibility index (Phi) is 9.53. The summed E-state index contributed by atoms with van der Waals surface area (Å²) >= 11 is 6.36. The van der Waals surface area contributed by atoms with Crippen LogP contribution in [0.3, 0.4) is 0 Å². The topological polar surface area (TPSA) is 57.6 Å². The molecule has 1 N–H and O–H groups in total. The molecule has 0 atom stereocenters. The SMILES string of the molecule is CC(C)CN(Cc1cccn1Cc1ccccc1Cl)C(=O)CN(C(=O)Nc1cccc(F)c1)C(C)C. The highest BCUT2D eigenvalue weighted by atomic mass is 35.5. The fourth-order valence-corrected chi connectivity index (χ4v) is 4.14. The van der Waals surface area contributed by atoms with Crippen LogP contribution in [0.25, 0.3) is 0 Å². The van der Waals surface area contributed by atoms with Gasteiger partial charge in [0, 0.05) is 41.7 Å². The first-order chi connectivity index (χ1) is 17.1. The number of aromatic nitrogens is 1. The standard InChI is InChI=1S/C28H34ClFN4O2/c1-20(2)16-33(18-25-12-8-14-32(25)17-22-9-5-6-13-26(22)29)27(35)19-34(21(3)4)28(36)31-24-11-7-10-23(30)15-24/h5-15,20-21H,16-19H2,1-4H3,(H,31,36). The predicted octanol–water partition coefficient (Wildman–Crippen LogP) is 6.26. The molecule has 0 aliphatic rings. The number of halogens is 2. The van der Waals surface area contributed by atoms with Crippen LogP contribution in [0.5, 0.6) is 0 Å². The Bertz CT molecular complexity index is 1180. The lowest BCUT2D eigenvalue weighted by molar-refractivity contribution is -0.133. The van der Waals surface area contributed by atoms with E-state index >= 15 is 0 Å². The fraction of sp³-hybridized carbons (Fsp3) is 0.357. The van der Waals surface area contributed by atoms with Crippen molar-refractivity contribution in [3.63, 3.8) is 0 Å². The monoisotopic (exact) mass is 512 g/mol. The number of urea groups is 1. The second-order valence-corrected chi connectivity index (χ2v) is 9.96. The third kappa shape index (κ3) is 7.59. The van der Waals surface area contributed by atoms with Crippen molar-refractivity contribution in [1.29, 1.82) is 0 Å². The third-order valence-corrected chi connectivity index (χ3v) is 6.15. The van der Waals surface area contributed by atoms with E-state index in [-0.39, 0.29) is 24.4 Å². The van der Waals surface area contributed by atoms with E-state index in [0.717, 1.165) is 11.3 Å². The summed E-state index contributed by atoms with van der Waals surface area (Å²) in [6.45, 7) is 9.27. The molecule has 0 unspecified atom stereocenters. The predicted molar refractivity (Wildman–Crippen MR) is 143 cm³/mol. The number of nitrogens with one attached hydrogen (secondary N) is 1. The first-order valence-corrected chi connectivity index (χ1v) is 12.5. The van der Waals surface area contributed by atoms with Crippen LogP contribution in [0, 0.1) is 11.7 Å². The molecule has 0 radical (unpaired) electrons. The van der Waals surface area contributed by atoms with Crippen molar-refractivity contribution in [2.45, 2.75) is 46.8 Å². The molecule has 192 valence electrons. The Morgan fingerprint density at radius 1 is 1.03 bits per heavy atom. The summed E-state index contributed by atoms with van der Waals surface area (Å²) in [5, 5.41) is 3.39. The van der Waals surface area contributed by atoms with Gasteiger partial charge in [-0.05, 0) is 61.7 Å². The van der Waals surface area contributed by atoms with Crippen LogP contribution in [0.15, 0.2) is 66.9 Å². The number of rotatable bonds is 10. The average molecular weight is 513 g/mol. The fourth-order valence-electron chi connectivity index (χ4n) is 3.94.